The van der Waals surface area contributed by atoms with Crippen molar-refractivity contribution >= 4 is 0 Å². The van der Waals surface area contributed by atoms with Crippen molar-refractivity contribution in [2.75, 3.05) is 0 Å². The number of hydrogen-bond acceptors (Lipinski definition) is 5. The van der Waals surface area contributed by atoms with Crippen molar-refractivity contribution < 1.29 is 17.7 Å². The lowest BCUT2D eigenvalue weighted by Gasteiger charge is -2.06. The summed E-state index contributed by atoms with van der Waals surface area (Å²) in [6.07, 6.45) is 0.0297. The first kappa shape index (κ1) is 17.8. The molecule has 0 saturated heterocycles. The van der Waals surface area contributed by atoms with Crippen LogP contribution in [0.2, 0.25) is 0 Å². The molecule has 0 unspecified atom stereocenters. The van der Waals surface area contributed by atoms with Crippen LogP contribution in [0.15, 0.2) is 46.0 Å². The Kier molecular flexibility index (Phi) is 4.88. The zero-order valence-corrected chi connectivity index (χ0v) is 13.8. The van der Waals surface area contributed by atoms with E-state index in [1.165, 1.54) is 22.9 Å². The van der Waals surface area contributed by atoms with Crippen LogP contribution in [0.3, 0.4) is 0 Å². The second kappa shape index (κ2) is 7.11. The molecule has 26 heavy (non-hydrogen) atoms. The Labute approximate surface area is 146 Å². The summed E-state index contributed by atoms with van der Waals surface area (Å²) >= 11 is 0. The first-order valence-corrected chi connectivity index (χ1v) is 7.92. The third-order valence-electron chi connectivity index (χ3n) is 3.83. The topological polar surface area (TPSA) is 73.8 Å². The van der Waals surface area contributed by atoms with Crippen LogP contribution in [0.5, 0.6) is 0 Å². The van der Waals surface area contributed by atoms with E-state index in [9.17, 15) is 18.0 Å². The zero-order chi connectivity index (χ0) is 18.7. The largest absolute Gasteiger partial charge is 0.471 e. The van der Waals surface area contributed by atoms with E-state index in [-0.39, 0.29) is 16.9 Å². The minimum absolute atomic E-state index is 0.163. The standard InChI is InChI=1S/C17H15F3N4O2/c1-2-11-3-4-13(21-10-11)6-8-24-7-5-12(9-14(24)25)15-22-16(26-23-15)17(18,19)20/h3-5,7,9-10H,2,6,8H2,1H3. The second-order valence-corrected chi connectivity index (χ2v) is 5.63. The lowest BCUT2D eigenvalue weighted by Crippen LogP contribution is -2.20. The number of nitrogens with zero attached hydrogens (tertiary/aromatic N) is 4. The fraction of sp³-hybridized carbons (Fsp3) is 0.294. The molecule has 0 fully saturated rings. The molecule has 3 aromatic heterocycles. The molecule has 0 aliphatic heterocycles. The Morgan fingerprint density at radius 1 is 1.23 bits per heavy atom. The maximum absolute atomic E-state index is 12.5. The number of aryl methyl sites for hydroxylation is 3. The number of pyridine rings is 2. The molecule has 0 N–H and O–H groups in total. The summed E-state index contributed by atoms with van der Waals surface area (Å²) < 4.78 is 43.1. The third-order valence-corrected chi connectivity index (χ3v) is 3.83. The Balaban J connectivity index is 1.73. The molecule has 3 heterocycles. The summed E-state index contributed by atoms with van der Waals surface area (Å²) in [5.74, 6) is -1.73. The fourth-order valence-electron chi connectivity index (χ4n) is 2.33. The van der Waals surface area contributed by atoms with E-state index in [2.05, 4.69) is 19.6 Å². The van der Waals surface area contributed by atoms with Crippen LogP contribution in [0.1, 0.15) is 24.1 Å². The lowest BCUT2D eigenvalue weighted by molar-refractivity contribution is -0.159. The molecule has 0 saturated carbocycles. The van der Waals surface area contributed by atoms with Crippen LogP contribution in [0.4, 0.5) is 13.2 Å². The van der Waals surface area contributed by atoms with Gasteiger partial charge in [-0.05, 0) is 24.1 Å². The fourth-order valence-corrected chi connectivity index (χ4v) is 2.33. The van der Waals surface area contributed by atoms with Gasteiger partial charge in [0.1, 0.15) is 0 Å². The minimum atomic E-state index is -4.72. The summed E-state index contributed by atoms with van der Waals surface area (Å²) in [6, 6.07) is 6.55. The van der Waals surface area contributed by atoms with E-state index in [1.54, 1.807) is 6.20 Å². The van der Waals surface area contributed by atoms with Crippen molar-refractivity contribution in [2.24, 2.45) is 0 Å². The summed E-state index contributed by atoms with van der Waals surface area (Å²) in [5.41, 5.74) is 1.78. The Morgan fingerprint density at radius 3 is 2.62 bits per heavy atom. The van der Waals surface area contributed by atoms with Gasteiger partial charge in [0.25, 0.3) is 5.56 Å². The van der Waals surface area contributed by atoms with Gasteiger partial charge in [0.15, 0.2) is 0 Å². The summed E-state index contributed by atoms with van der Waals surface area (Å²) in [5, 5.41) is 3.27. The predicted octanol–water partition coefficient (Wildman–Crippen LogP) is 3.12. The number of hydrogen-bond donors (Lipinski definition) is 0. The third kappa shape index (κ3) is 3.98. The van der Waals surface area contributed by atoms with E-state index < -0.39 is 12.1 Å². The van der Waals surface area contributed by atoms with Gasteiger partial charge in [0.05, 0.1) is 0 Å². The van der Waals surface area contributed by atoms with Gasteiger partial charge in [-0.3, -0.25) is 9.78 Å². The number of alkyl halides is 3. The molecule has 0 aromatic carbocycles. The molecule has 0 aliphatic carbocycles. The number of rotatable bonds is 5. The Bertz CT molecular complexity index is 946. The highest BCUT2D eigenvalue weighted by Crippen LogP contribution is 2.29. The molecule has 0 aliphatic rings. The van der Waals surface area contributed by atoms with Gasteiger partial charge in [0, 0.05) is 42.7 Å². The van der Waals surface area contributed by atoms with Crippen LogP contribution < -0.4 is 5.56 Å². The summed E-state index contributed by atoms with van der Waals surface area (Å²) in [4.78, 5) is 19.8. The predicted molar refractivity (Wildman–Crippen MR) is 86.3 cm³/mol. The quantitative estimate of drug-likeness (QED) is 0.695. The van der Waals surface area contributed by atoms with E-state index >= 15 is 0 Å². The molecule has 3 aromatic rings. The van der Waals surface area contributed by atoms with Crippen LogP contribution >= 0.6 is 0 Å². The maximum Gasteiger partial charge on any atom is 0.471 e. The van der Waals surface area contributed by atoms with Crippen molar-refractivity contribution in [3.8, 4) is 11.4 Å². The molecule has 0 amide bonds. The highest BCUT2D eigenvalue weighted by Gasteiger charge is 2.38. The van der Waals surface area contributed by atoms with Crippen LogP contribution in [-0.2, 0) is 25.6 Å². The van der Waals surface area contributed by atoms with Gasteiger partial charge in [0.2, 0.25) is 5.82 Å². The van der Waals surface area contributed by atoms with Gasteiger partial charge in [-0.15, -0.1) is 0 Å². The molecule has 3 rings (SSSR count). The maximum atomic E-state index is 12.5. The van der Waals surface area contributed by atoms with Crippen molar-refractivity contribution in [3.05, 3.63) is 64.2 Å². The molecule has 136 valence electrons. The molecule has 6 nitrogen and oxygen atoms in total. The van der Waals surface area contributed by atoms with Crippen molar-refractivity contribution in [1.82, 2.24) is 19.7 Å². The van der Waals surface area contributed by atoms with Gasteiger partial charge < -0.3 is 9.09 Å². The van der Waals surface area contributed by atoms with Crippen molar-refractivity contribution in [2.45, 2.75) is 32.5 Å². The van der Waals surface area contributed by atoms with Gasteiger partial charge in [-0.2, -0.15) is 18.2 Å². The summed E-state index contributed by atoms with van der Waals surface area (Å²) in [7, 11) is 0. The Morgan fingerprint density at radius 2 is 2.04 bits per heavy atom. The van der Waals surface area contributed by atoms with Crippen molar-refractivity contribution in [1.29, 1.82) is 0 Å². The normalized spacial score (nSPS) is 11.7. The monoisotopic (exact) mass is 364 g/mol. The zero-order valence-electron chi connectivity index (χ0n) is 13.8. The van der Waals surface area contributed by atoms with E-state index in [0.717, 1.165) is 17.7 Å². The van der Waals surface area contributed by atoms with E-state index in [4.69, 9.17) is 0 Å². The SMILES string of the molecule is CCc1ccc(CCn2ccc(-c3noc(C(F)(F)F)n3)cc2=O)nc1. The van der Waals surface area contributed by atoms with Crippen LogP contribution in [-0.4, -0.2) is 19.7 Å². The summed E-state index contributed by atoms with van der Waals surface area (Å²) in [6.45, 7) is 2.44. The smallest absolute Gasteiger partial charge is 0.329 e. The lowest BCUT2D eigenvalue weighted by atomic mass is 10.2. The Hall–Kier alpha value is -2.97. The minimum Gasteiger partial charge on any atom is -0.329 e. The van der Waals surface area contributed by atoms with Gasteiger partial charge in [-0.25, -0.2) is 0 Å². The average Bonchev–Trinajstić information content (AvgIpc) is 3.11. The molecule has 0 atom stereocenters. The second-order valence-electron chi connectivity index (χ2n) is 5.63. The van der Waals surface area contributed by atoms with Crippen molar-refractivity contribution in [3.63, 3.8) is 0 Å². The molecule has 0 spiro atoms. The highest BCUT2D eigenvalue weighted by molar-refractivity contribution is 5.52. The molecular weight excluding hydrogens is 349 g/mol. The first-order valence-electron chi connectivity index (χ1n) is 7.92. The van der Waals surface area contributed by atoms with Gasteiger partial charge >= 0.3 is 12.1 Å². The molecule has 9 heteroatoms. The number of aromatic nitrogens is 4. The average molecular weight is 364 g/mol. The first-order chi connectivity index (χ1) is 12.4. The molecule has 0 bridgehead atoms. The highest BCUT2D eigenvalue weighted by atomic mass is 19.4. The molecular formula is C17H15F3N4O2. The number of halogens is 3. The van der Waals surface area contributed by atoms with Crippen LogP contribution in [0, 0.1) is 0 Å². The van der Waals surface area contributed by atoms with Crippen LogP contribution in [0.25, 0.3) is 11.4 Å². The van der Waals surface area contributed by atoms with E-state index in [0.29, 0.717) is 13.0 Å². The van der Waals surface area contributed by atoms with Gasteiger partial charge in [-0.1, -0.05) is 18.1 Å². The van der Waals surface area contributed by atoms with E-state index in [1.807, 2.05) is 19.1 Å². The molecule has 0 radical (unpaired) electrons.